The van der Waals surface area contributed by atoms with Crippen molar-refractivity contribution in [1.82, 2.24) is 5.32 Å². The van der Waals surface area contributed by atoms with Gasteiger partial charge in [0.25, 0.3) is 5.91 Å². The number of hydrogen-bond donors (Lipinski definition) is 2. The van der Waals surface area contributed by atoms with E-state index in [-0.39, 0.29) is 31.0 Å². The summed E-state index contributed by atoms with van der Waals surface area (Å²) in [6, 6.07) is 23.9. The topological polar surface area (TPSA) is 59.6 Å². The fourth-order valence-corrected chi connectivity index (χ4v) is 3.05. The van der Waals surface area contributed by atoms with Crippen molar-refractivity contribution in [3.8, 4) is 11.5 Å². The normalized spacial score (nSPS) is 11.2. The second-order valence-electron chi connectivity index (χ2n) is 7.20. The van der Waals surface area contributed by atoms with Crippen molar-refractivity contribution in [3.63, 3.8) is 0 Å². The minimum Gasteiger partial charge on any atom is -0.493 e. The number of methoxy groups -OCH3 is 1. The summed E-state index contributed by atoms with van der Waals surface area (Å²) in [4.78, 5) is 12.2. The zero-order valence-electron chi connectivity index (χ0n) is 18.1. The van der Waals surface area contributed by atoms with Crippen LogP contribution in [0.15, 0.2) is 72.8 Å². The number of ether oxygens (including phenoxy) is 2. The van der Waals surface area contributed by atoms with Gasteiger partial charge in [-0.2, -0.15) is 0 Å². The zero-order chi connectivity index (χ0) is 21.3. The van der Waals surface area contributed by atoms with Crippen molar-refractivity contribution in [2.24, 2.45) is 0 Å². The molecule has 0 saturated carbocycles. The summed E-state index contributed by atoms with van der Waals surface area (Å²) in [5.41, 5.74) is 4.20. The summed E-state index contributed by atoms with van der Waals surface area (Å²) >= 11 is 0. The third kappa shape index (κ3) is 7.31. The number of halogens is 1. The Labute approximate surface area is 190 Å². The van der Waals surface area contributed by atoms with Crippen LogP contribution in [0.5, 0.6) is 11.5 Å². The predicted molar refractivity (Wildman–Crippen MR) is 127 cm³/mol. The van der Waals surface area contributed by atoms with Crippen molar-refractivity contribution >= 4 is 24.0 Å². The first-order valence-corrected chi connectivity index (χ1v) is 9.99. The van der Waals surface area contributed by atoms with Gasteiger partial charge in [-0.1, -0.05) is 54.1 Å². The van der Waals surface area contributed by atoms with Crippen LogP contribution in [0, 0.1) is 6.92 Å². The van der Waals surface area contributed by atoms with Gasteiger partial charge in [0, 0.05) is 18.3 Å². The molecule has 0 aliphatic heterocycles. The van der Waals surface area contributed by atoms with E-state index >= 15 is 0 Å². The fraction of sp³-hybridized carbons (Fsp3) is 0.240. The average molecular weight is 441 g/mol. The Balaban J connectivity index is 0.00000341. The molecule has 0 fully saturated rings. The van der Waals surface area contributed by atoms with Gasteiger partial charge in [-0.05, 0) is 49.2 Å². The molecule has 3 aromatic rings. The lowest BCUT2D eigenvalue weighted by Gasteiger charge is -2.16. The van der Waals surface area contributed by atoms with Crippen LogP contribution in [0.4, 0.5) is 5.69 Å². The number of amides is 1. The van der Waals surface area contributed by atoms with E-state index in [2.05, 4.69) is 29.7 Å². The molecule has 3 rings (SSSR count). The number of carbonyl (C=O) groups is 1. The number of hydrogen-bond acceptors (Lipinski definition) is 4. The lowest BCUT2D eigenvalue weighted by atomic mass is 10.1. The van der Waals surface area contributed by atoms with E-state index in [0.29, 0.717) is 18.0 Å². The molecule has 6 heteroatoms. The van der Waals surface area contributed by atoms with Gasteiger partial charge in [0.2, 0.25) is 0 Å². The minimum absolute atomic E-state index is 0. The van der Waals surface area contributed by atoms with Crippen molar-refractivity contribution in [1.29, 1.82) is 0 Å². The molecule has 0 bridgehead atoms. The zero-order valence-corrected chi connectivity index (χ0v) is 18.9. The first kappa shape index (κ1) is 24.3. The van der Waals surface area contributed by atoms with Crippen LogP contribution >= 0.6 is 12.4 Å². The molecule has 0 aliphatic rings. The largest absolute Gasteiger partial charge is 0.493 e. The Kier molecular flexibility index (Phi) is 9.38. The third-order valence-corrected chi connectivity index (χ3v) is 4.83. The quantitative estimate of drug-likeness (QED) is 0.474. The molecule has 2 N–H and O–H groups in total. The number of carbonyl (C=O) groups excluding carboxylic acids is 1. The third-order valence-electron chi connectivity index (χ3n) is 4.83. The predicted octanol–water partition coefficient (Wildman–Crippen LogP) is 5.29. The summed E-state index contributed by atoms with van der Waals surface area (Å²) in [6.45, 7) is 4.74. The molecular formula is C25H29ClN2O3. The van der Waals surface area contributed by atoms with Crippen LogP contribution in [0.1, 0.15) is 29.7 Å². The minimum atomic E-state index is -0.219. The van der Waals surface area contributed by atoms with Crippen molar-refractivity contribution in [2.45, 2.75) is 26.4 Å². The van der Waals surface area contributed by atoms with E-state index in [0.717, 1.165) is 16.8 Å². The molecule has 164 valence electrons. The van der Waals surface area contributed by atoms with E-state index < -0.39 is 0 Å². The number of benzene rings is 3. The Morgan fingerprint density at radius 3 is 2.35 bits per heavy atom. The van der Waals surface area contributed by atoms with Crippen molar-refractivity contribution in [2.75, 3.05) is 19.0 Å². The lowest BCUT2D eigenvalue weighted by Crippen LogP contribution is -2.20. The first-order chi connectivity index (χ1) is 14.5. The fourth-order valence-electron chi connectivity index (χ4n) is 3.05. The highest BCUT2D eigenvalue weighted by Crippen LogP contribution is 2.28. The monoisotopic (exact) mass is 440 g/mol. The van der Waals surface area contributed by atoms with Gasteiger partial charge in [-0.25, -0.2) is 0 Å². The Bertz CT molecular complexity index is 962. The van der Waals surface area contributed by atoms with E-state index in [1.807, 2.05) is 67.6 Å². The number of nitrogens with one attached hydrogen (secondary N) is 2. The summed E-state index contributed by atoms with van der Waals surface area (Å²) in [5, 5.41) is 6.33. The first-order valence-electron chi connectivity index (χ1n) is 9.99. The smallest absolute Gasteiger partial charge is 0.262 e. The second kappa shape index (κ2) is 12.0. The molecule has 31 heavy (non-hydrogen) atoms. The van der Waals surface area contributed by atoms with Crippen LogP contribution in [0.25, 0.3) is 0 Å². The molecule has 1 amide bonds. The number of anilines is 1. The molecule has 1 atom stereocenters. The Hall–Kier alpha value is -3.02. The molecule has 1 unspecified atom stereocenters. The summed E-state index contributed by atoms with van der Waals surface area (Å²) in [5.74, 6) is 0.921. The molecule has 0 aromatic heterocycles. The number of rotatable bonds is 9. The number of aryl methyl sites for hydroxylation is 1. The Morgan fingerprint density at radius 1 is 0.968 bits per heavy atom. The summed E-state index contributed by atoms with van der Waals surface area (Å²) in [6.07, 6.45) is 0. The maximum atomic E-state index is 12.2. The van der Waals surface area contributed by atoms with Gasteiger partial charge >= 0.3 is 0 Å². The van der Waals surface area contributed by atoms with Crippen molar-refractivity contribution in [3.05, 3.63) is 89.5 Å². The maximum Gasteiger partial charge on any atom is 0.262 e. The van der Waals surface area contributed by atoms with Crippen LogP contribution in [0.2, 0.25) is 0 Å². The summed E-state index contributed by atoms with van der Waals surface area (Å²) < 4.78 is 11.1. The van der Waals surface area contributed by atoms with Crippen LogP contribution in [-0.4, -0.2) is 19.6 Å². The van der Waals surface area contributed by atoms with Crippen LogP contribution < -0.4 is 20.1 Å². The van der Waals surface area contributed by atoms with E-state index in [1.54, 1.807) is 7.11 Å². The average Bonchev–Trinajstić information content (AvgIpc) is 2.78. The van der Waals surface area contributed by atoms with E-state index in [1.165, 1.54) is 5.56 Å². The molecule has 0 saturated heterocycles. The van der Waals surface area contributed by atoms with Crippen LogP contribution in [0.3, 0.4) is 0 Å². The van der Waals surface area contributed by atoms with E-state index in [9.17, 15) is 4.79 Å². The van der Waals surface area contributed by atoms with Crippen molar-refractivity contribution < 1.29 is 14.3 Å². The van der Waals surface area contributed by atoms with Crippen LogP contribution in [-0.2, 0) is 11.3 Å². The molecule has 0 heterocycles. The molecular weight excluding hydrogens is 412 g/mol. The molecule has 3 aromatic carbocycles. The SMILES string of the molecule is COc1cc(CNC(C)c2ccccc2)ccc1OCC(=O)Nc1ccc(C)cc1.Cl. The molecule has 0 aliphatic carbocycles. The lowest BCUT2D eigenvalue weighted by molar-refractivity contribution is -0.118. The highest BCUT2D eigenvalue weighted by molar-refractivity contribution is 5.91. The maximum absolute atomic E-state index is 12.2. The van der Waals surface area contributed by atoms with Gasteiger partial charge in [-0.15, -0.1) is 12.4 Å². The van der Waals surface area contributed by atoms with Gasteiger partial charge in [-0.3, -0.25) is 4.79 Å². The Morgan fingerprint density at radius 2 is 1.68 bits per heavy atom. The summed E-state index contributed by atoms with van der Waals surface area (Å²) in [7, 11) is 1.60. The van der Waals surface area contributed by atoms with Gasteiger partial charge in [0.15, 0.2) is 18.1 Å². The van der Waals surface area contributed by atoms with Gasteiger partial charge in [0.05, 0.1) is 7.11 Å². The molecule has 0 spiro atoms. The van der Waals surface area contributed by atoms with E-state index in [4.69, 9.17) is 9.47 Å². The highest BCUT2D eigenvalue weighted by Gasteiger charge is 2.10. The highest BCUT2D eigenvalue weighted by atomic mass is 35.5. The molecule has 0 radical (unpaired) electrons. The second-order valence-corrected chi connectivity index (χ2v) is 7.20. The van der Waals surface area contributed by atoms with Gasteiger partial charge in [0.1, 0.15) is 0 Å². The van der Waals surface area contributed by atoms with Gasteiger partial charge < -0.3 is 20.1 Å². The standard InChI is InChI=1S/C25H28N2O3.ClH/c1-18-9-12-22(13-10-18)27-25(28)17-30-23-14-11-20(15-24(23)29-3)16-26-19(2)21-7-5-4-6-8-21;/h4-15,19,26H,16-17H2,1-3H3,(H,27,28);1H. The molecule has 5 nitrogen and oxygen atoms in total.